The maximum atomic E-state index is 12.5. The molecule has 3 N–H and O–H groups in total. The molecule has 140 valence electrons. The average Bonchev–Trinajstić information content (AvgIpc) is 2.95. The Morgan fingerprint density at radius 3 is 2.59 bits per heavy atom. The number of nitro benzene ring substituents is 1. The van der Waals surface area contributed by atoms with Crippen molar-refractivity contribution >= 4 is 33.9 Å². The van der Waals surface area contributed by atoms with Gasteiger partial charge in [0.25, 0.3) is 11.6 Å². The van der Waals surface area contributed by atoms with E-state index < -0.39 is 10.8 Å². The van der Waals surface area contributed by atoms with Crippen LogP contribution < -0.4 is 15.9 Å². The number of nitrogens with two attached hydrogens (primary N) is 1. The van der Waals surface area contributed by atoms with Crippen molar-refractivity contribution in [2.24, 2.45) is 0 Å². The molecule has 3 aromatic rings. The highest BCUT2D eigenvalue weighted by Crippen LogP contribution is 2.24. The first-order valence-electron chi connectivity index (χ1n) is 8.30. The normalized spacial score (nSPS) is 11.4. The number of rotatable bonds is 4. The SMILES string of the molecule is CC(C)(C)On1ccc2ccc(NC(=O)c3cc([N+](=O)[O-])ccc3N)cc21. The van der Waals surface area contributed by atoms with E-state index in [1.54, 1.807) is 23.1 Å². The Labute approximate surface area is 155 Å². The molecule has 0 aliphatic heterocycles. The van der Waals surface area contributed by atoms with E-state index in [0.717, 1.165) is 17.0 Å². The molecule has 1 amide bonds. The molecule has 0 aliphatic rings. The smallest absolute Gasteiger partial charge is 0.270 e. The maximum absolute atomic E-state index is 12.5. The molecule has 0 saturated carbocycles. The predicted molar refractivity (Wildman–Crippen MR) is 104 cm³/mol. The summed E-state index contributed by atoms with van der Waals surface area (Å²) in [6.45, 7) is 5.82. The topological polar surface area (TPSA) is 112 Å². The van der Waals surface area contributed by atoms with Gasteiger partial charge in [0.2, 0.25) is 0 Å². The number of nitrogen functional groups attached to an aromatic ring is 1. The highest BCUT2D eigenvalue weighted by Gasteiger charge is 2.17. The maximum Gasteiger partial charge on any atom is 0.270 e. The van der Waals surface area contributed by atoms with Gasteiger partial charge in [0.05, 0.1) is 16.0 Å². The zero-order valence-electron chi connectivity index (χ0n) is 15.2. The lowest BCUT2D eigenvalue weighted by molar-refractivity contribution is -0.384. The first-order valence-corrected chi connectivity index (χ1v) is 8.30. The molecular weight excluding hydrogens is 348 g/mol. The minimum absolute atomic E-state index is 0.0469. The number of carbonyl (C=O) groups is 1. The van der Waals surface area contributed by atoms with Crippen molar-refractivity contribution in [2.45, 2.75) is 26.4 Å². The molecule has 27 heavy (non-hydrogen) atoms. The number of aromatic nitrogens is 1. The van der Waals surface area contributed by atoms with E-state index in [2.05, 4.69) is 5.32 Å². The largest absolute Gasteiger partial charge is 0.408 e. The van der Waals surface area contributed by atoms with E-state index >= 15 is 0 Å². The molecule has 8 heteroatoms. The van der Waals surface area contributed by atoms with Gasteiger partial charge in [-0.3, -0.25) is 14.9 Å². The molecule has 0 spiro atoms. The number of nitro groups is 1. The van der Waals surface area contributed by atoms with Crippen molar-refractivity contribution in [3.05, 3.63) is 64.3 Å². The van der Waals surface area contributed by atoms with Crippen LogP contribution in [0.15, 0.2) is 48.7 Å². The van der Waals surface area contributed by atoms with Crippen LogP contribution in [0.3, 0.4) is 0 Å². The predicted octanol–water partition coefficient (Wildman–Crippen LogP) is 3.61. The van der Waals surface area contributed by atoms with Crippen LogP contribution in [0.2, 0.25) is 0 Å². The number of non-ortho nitro benzene ring substituents is 1. The third-order valence-corrected chi connectivity index (χ3v) is 3.78. The molecule has 0 radical (unpaired) electrons. The summed E-state index contributed by atoms with van der Waals surface area (Å²) in [6.07, 6.45) is 1.81. The molecule has 8 nitrogen and oxygen atoms in total. The van der Waals surface area contributed by atoms with Crippen LogP contribution in [-0.4, -0.2) is 21.2 Å². The summed E-state index contributed by atoms with van der Waals surface area (Å²) >= 11 is 0. The molecule has 0 fully saturated rings. The second kappa shape index (κ2) is 6.64. The van der Waals surface area contributed by atoms with Gasteiger partial charge in [0, 0.05) is 35.1 Å². The quantitative estimate of drug-likeness (QED) is 0.415. The molecule has 0 atom stereocenters. The molecule has 0 bridgehead atoms. The number of carbonyl (C=O) groups excluding carboxylic acids is 1. The number of hydrogen-bond acceptors (Lipinski definition) is 5. The summed E-state index contributed by atoms with van der Waals surface area (Å²) < 4.78 is 1.65. The van der Waals surface area contributed by atoms with Crippen LogP contribution in [0.5, 0.6) is 0 Å². The first-order chi connectivity index (χ1) is 12.6. The summed E-state index contributed by atoms with van der Waals surface area (Å²) in [4.78, 5) is 28.8. The van der Waals surface area contributed by atoms with Gasteiger partial charge in [0.1, 0.15) is 5.60 Å². The van der Waals surface area contributed by atoms with Crippen molar-refractivity contribution in [2.75, 3.05) is 11.1 Å². The van der Waals surface area contributed by atoms with Crippen molar-refractivity contribution in [3.63, 3.8) is 0 Å². The van der Waals surface area contributed by atoms with E-state index in [-0.39, 0.29) is 22.5 Å². The lowest BCUT2D eigenvalue weighted by Crippen LogP contribution is -2.30. The van der Waals surface area contributed by atoms with Crippen LogP contribution in [-0.2, 0) is 0 Å². The number of hydrogen-bond donors (Lipinski definition) is 2. The monoisotopic (exact) mass is 368 g/mol. The van der Waals surface area contributed by atoms with Crippen LogP contribution in [0.1, 0.15) is 31.1 Å². The second-order valence-electron chi connectivity index (χ2n) is 7.10. The number of nitrogens with zero attached hydrogens (tertiary/aromatic N) is 2. The number of fused-ring (bicyclic) bond motifs is 1. The Kier molecular flexibility index (Phi) is 4.49. The van der Waals surface area contributed by atoms with Gasteiger partial charge in [0.15, 0.2) is 0 Å². The molecule has 1 aromatic heterocycles. The number of amides is 1. The molecule has 2 aromatic carbocycles. The number of benzene rings is 2. The molecule has 0 unspecified atom stereocenters. The van der Waals surface area contributed by atoms with Crippen molar-refractivity contribution < 1.29 is 14.6 Å². The molecular formula is C19H20N4O4. The fraction of sp³-hybridized carbons (Fsp3) is 0.211. The Balaban J connectivity index is 1.90. The summed E-state index contributed by atoms with van der Waals surface area (Å²) in [5.74, 6) is -0.523. The second-order valence-corrected chi connectivity index (χ2v) is 7.10. The van der Waals surface area contributed by atoms with Crippen LogP contribution in [0.25, 0.3) is 10.9 Å². The number of anilines is 2. The highest BCUT2D eigenvalue weighted by atomic mass is 16.7. The fourth-order valence-corrected chi connectivity index (χ4v) is 2.61. The minimum atomic E-state index is -0.570. The average molecular weight is 368 g/mol. The van der Waals surface area contributed by atoms with E-state index in [0.29, 0.717) is 5.69 Å². The van der Waals surface area contributed by atoms with Crippen LogP contribution in [0.4, 0.5) is 17.1 Å². The lowest BCUT2D eigenvalue weighted by Gasteiger charge is -2.22. The zero-order valence-corrected chi connectivity index (χ0v) is 15.2. The van der Waals surface area contributed by atoms with Crippen molar-refractivity contribution in [1.82, 2.24) is 4.73 Å². The van der Waals surface area contributed by atoms with Gasteiger partial charge in [-0.2, -0.15) is 4.73 Å². The Morgan fingerprint density at radius 2 is 1.93 bits per heavy atom. The van der Waals surface area contributed by atoms with E-state index in [9.17, 15) is 14.9 Å². The standard InChI is InChI=1S/C19H20N4O4/c1-19(2,3)27-22-9-8-12-4-5-13(10-17(12)22)21-18(24)15-11-14(23(25)26)6-7-16(15)20/h4-11H,20H2,1-3H3,(H,21,24). The third kappa shape index (κ3) is 4.00. The van der Waals surface area contributed by atoms with Gasteiger partial charge in [-0.1, -0.05) is 6.07 Å². The van der Waals surface area contributed by atoms with Crippen molar-refractivity contribution in [1.29, 1.82) is 0 Å². The summed E-state index contributed by atoms with van der Waals surface area (Å²) in [7, 11) is 0. The molecule has 3 rings (SSSR count). The Morgan fingerprint density at radius 1 is 1.19 bits per heavy atom. The van der Waals surface area contributed by atoms with Gasteiger partial charge in [-0.15, -0.1) is 0 Å². The van der Waals surface area contributed by atoms with Gasteiger partial charge in [-0.05, 0) is 45.0 Å². The van der Waals surface area contributed by atoms with Gasteiger partial charge in [-0.25, -0.2) is 0 Å². The lowest BCUT2D eigenvalue weighted by atomic mass is 10.1. The third-order valence-electron chi connectivity index (χ3n) is 3.78. The Bertz CT molecular complexity index is 1030. The van der Waals surface area contributed by atoms with E-state index in [1.807, 2.05) is 32.9 Å². The van der Waals surface area contributed by atoms with Gasteiger partial charge >= 0.3 is 0 Å². The molecule has 0 saturated heterocycles. The summed E-state index contributed by atoms with van der Waals surface area (Å²) in [6, 6.07) is 11.0. The molecule has 0 aliphatic carbocycles. The minimum Gasteiger partial charge on any atom is -0.408 e. The van der Waals surface area contributed by atoms with Crippen molar-refractivity contribution in [3.8, 4) is 0 Å². The fourth-order valence-electron chi connectivity index (χ4n) is 2.61. The zero-order chi connectivity index (χ0) is 19.8. The van der Waals surface area contributed by atoms with Crippen LogP contribution in [0, 0.1) is 10.1 Å². The van der Waals surface area contributed by atoms with E-state index in [1.165, 1.54) is 12.1 Å². The number of nitrogens with one attached hydrogen (secondary N) is 1. The van der Waals surface area contributed by atoms with Crippen LogP contribution >= 0.6 is 0 Å². The molecule has 1 heterocycles. The van der Waals surface area contributed by atoms with Gasteiger partial charge < -0.3 is 15.9 Å². The highest BCUT2D eigenvalue weighted by molar-refractivity contribution is 6.08. The first kappa shape index (κ1) is 18.2. The summed E-state index contributed by atoms with van der Waals surface area (Å²) in [5.41, 5.74) is 6.74. The Hall–Kier alpha value is -3.55. The summed E-state index contributed by atoms with van der Waals surface area (Å²) in [5, 5.41) is 14.6. The van der Waals surface area contributed by atoms with E-state index in [4.69, 9.17) is 10.6 Å².